The molecule has 1 atom stereocenters. The van der Waals surface area contributed by atoms with Crippen molar-refractivity contribution in [3.8, 4) is 0 Å². The number of amides is 3. The Morgan fingerprint density at radius 1 is 1.33 bits per heavy atom. The first-order chi connectivity index (χ1) is 7.07. The van der Waals surface area contributed by atoms with E-state index in [9.17, 15) is 9.59 Å². The predicted molar refractivity (Wildman–Crippen MR) is 57.5 cm³/mol. The van der Waals surface area contributed by atoms with Crippen molar-refractivity contribution in [3.05, 3.63) is 0 Å². The number of likely N-dealkylation sites (N-methyl/N-ethyl adjacent to an activating group) is 1. The third-order valence-electron chi connectivity index (χ3n) is 2.68. The number of carbonyl (C=O) groups is 2. The summed E-state index contributed by atoms with van der Waals surface area (Å²) >= 11 is 0. The first kappa shape index (κ1) is 11.8. The molecule has 1 fully saturated rings. The number of nitrogens with one attached hydrogen (secondary N) is 1. The topological polar surface area (TPSA) is 52.7 Å². The molecular weight excluding hydrogens is 194 g/mol. The monoisotopic (exact) mass is 213 g/mol. The van der Waals surface area contributed by atoms with Crippen molar-refractivity contribution >= 4 is 11.9 Å². The first-order valence-corrected chi connectivity index (χ1v) is 5.27. The molecule has 3 amide bonds. The van der Waals surface area contributed by atoms with Crippen LogP contribution in [0.3, 0.4) is 0 Å². The van der Waals surface area contributed by atoms with E-state index in [0.29, 0.717) is 6.54 Å². The maximum atomic E-state index is 11.8. The summed E-state index contributed by atoms with van der Waals surface area (Å²) in [5, 5.41) is 2.61. The van der Waals surface area contributed by atoms with Crippen LogP contribution in [0.2, 0.25) is 0 Å². The predicted octanol–water partition coefficient (Wildman–Crippen LogP) is 0.268. The molecule has 0 aliphatic carbocycles. The summed E-state index contributed by atoms with van der Waals surface area (Å²) in [5.74, 6) is -0.0649. The zero-order chi connectivity index (χ0) is 11.4. The Morgan fingerprint density at radius 2 is 2.00 bits per heavy atom. The van der Waals surface area contributed by atoms with Gasteiger partial charge in [0.2, 0.25) is 5.91 Å². The van der Waals surface area contributed by atoms with Crippen molar-refractivity contribution in [2.75, 3.05) is 27.7 Å². The molecule has 1 aliphatic heterocycles. The SMILES string of the molecule is CNC(=O)C1CCCCN1C(=O)N(C)C. The maximum Gasteiger partial charge on any atom is 0.320 e. The van der Waals surface area contributed by atoms with Gasteiger partial charge in [-0.2, -0.15) is 0 Å². The number of carbonyl (C=O) groups excluding carboxylic acids is 2. The van der Waals surface area contributed by atoms with Gasteiger partial charge in [0, 0.05) is 27.7 Å². The van der Waals surface area contributed by atoms with Crippen LogP contribution in [0.4, 0.5) is 4.79 Å². The van der Waals surface area contributed by atoms with Gasteiger partial charge in [0.25, 0.3) is 0 Å². The molecule has 86 valence electrons. The van der Waals surface area contributed by atoms with Crippen LogP contribution in [0.25, 0.3) is 0 Å². The van der Waals surface area contributed by atoms with Crippen LogP contribution in [0.1, 0.15) is 19.3 Å². The highest BCUT2D eigenvalue weighted by molar-refractivity contribution is 5.86. The van der Waals surface area contributed by atoms with E-state index in [4.69, 9.17) is 0 Å². The highest BCUT2D eigenvalue weighted by Gasteiger charge is 2.32. The minimum absolute atomic E-state index is 0.0649. The van der Waals surface area contributed by atoms with Crippen molar-refractivity contribution in [1.82, 2.24) is 15.1 Å². The number of urea groups is 1. The van der Waals surface area contributed by atoms with E-state index >= 15 is 0 Å². The molecule has 1 unspecified atom stereocenters. The summed E-state index contributed by atoms with van der Waals surface area (Å²) in [6, 6.07) is -0.373. The van der Waals surface area contributed by atoms with Gasteiger partial charge in [-0.15, -0.1) is 0 Å². The fraction of sp³-hybridized carbons (Fsp3) is 0.800. The molecule has 0 bridgehead atoms. The van der Waals surface area contributed by atoms with Gasteiger partial charge < -0.3 is 15.1 Å². The summed E-state index contributed by atoms with van der Waals surface area (Å²) in [7, 11) is 5.02. The van der Waals surface area contributed by atoms with Gasteiger partial charge >= 0.3 is 6.03 Å². The molecule has 0 aromatic heterocycles. The van der Waals surface area contributed by atoms with Crippen LogP contribution < -0.4 is 5.32 Å². The van der Waals surface area contributed by atoms with Crippen molar-refractivity contribution in [1.29, 1.82) is 0 Å². The van der Waals surface area contributed by atoms with E-state index in [1.54, 1.807) is 26.0 Å². The highest BCUT2D eigenvalue weighted by Crippen LogP contribution is 2.18. The number of likely N-dealkylation sites (tertiary alicyclic amines) is 1. The lowest BCUT2D eigenvalue weighted by Crippen LogP contribution is -2.53. The molecule has 0 aromatic carbocycles. The summed E-state index contributed by atoms with van der Waals surface area (Å²) in [6.07, 6.45) is 2.75. The smallest absolute Gasteiger partial charge is 0.320 e. The van der Waals surface area contributed by atoms with Crippen LogP contribution in [-0.2, 0) is 4.79 Å². The third kappa shape index (κ3) is 2.61. The molecule has 1 saturated heterocycles. The molecule has 1 N–H and O–H groups in total. The molecular formula is C10H19N3O2. The molecule has 15 heavy (non-hydrogen) atoms. The van der Waals surface area contributed by atoms with Gasteiger partial charge in [-0.05, 0) is 19.3 Å². The zero-order valence-corrected chi connectivity index (χ0v) is 9.62. The molecule has 5 nitrogen and oxygen atoms in total. The highest BCUT2D eigenvalue weighted by atomic mass is 16.2. The molecule has 1 rings (SSSR count). The molecule has 0 saturated carbocycles. The summed E-state index contributed by atoms with van der Waals surface area (Å²) < 4.78 is 0. The molecule has 5 heteroatoms. The largest absolute Gasteiger partial charge is 0.357 e. The lowest BCUT2D eigenvalue weighted by molar-refractivity contribution is -0.126. The number of rotatable bonds is 1. The quantitative estimate of drug-likeness (QED) is 0.679. The minimum atomic E-state index is -0.293. The number of hydrogen-bond donors (Lipinski definition) is 1. The van der Waals surface area contributed by atoms with Crippen molar-refractivity contribution < 1.29 is 9.59 Å². The Hall–Kier alpha value is -1.26. The van der Waals surface area contributed by atoms with Crippen LogP contribution in [0.15, 0.2) is 0 Å². The molecule has 0 aromatic rings. The van der Waals surface area contributed by atoms with E-state index in [0.717, 1.165) is 19.3 Å². The molecule has 1 aliphatic rings. The Labute approximate surface area is 90.4 Å². The Balaban J connectivity index is 2.73. The second-order valence-electron chi connectivity index (χ2n) is 4.00. The summed E-state index contributed by atoms with van der Waals surface area (Å²) in [5.41, 5.74) is 0. The van der Waals surface area contributed by atoms with Gasteiger partial charge in [0.05, 0.1) is 0 Å². The van der Waals surface area contributed by atoms with Crippen LogP contribution in [0, 0.1) is 0 Å². The van der Waals surface area contributed by atoms with Gasteiger partial charge in [-0.1, -0.05) is 0 Å². The molecule has 0 radical (unpaired) electrons. The van der Waals surface area contributed by atoms with Gasteiger partial charge in [-0.25, -0.2) is 4.79 Å². The maximum absolute atomic E-state index is 11.8. The van der Waals surface area contributed by atoms with Crippen LogP contribution in [-0.4, -0.2) is 55.5 Å². The molecule has 1 heterocycles. The van der Waals surface area contributed by atoms with Crippen molar-refractivity contribution in [2.24, 2.45) is 0 Å². The van der Waals surface area contributed by atoms with Gasteiger partial charge in [-0.3, -0.25) is 4.79 Å². The second kappa shape index (κ2) is 5.00. The lowest BCUT2D eigenvalue weighted by Gasteiger charge is -2.35. The number of nitrogens with zero attached hydrogens (tertiary/aromatic N) is 2. The van der Waals surface area contributed by atoms with Gasteiger partial charge in [0.15, 0.2) is 0 Å². The Kier molecular flexibility index (Phi) is 3.94. The van der Waals surface area contributed by atoms with Crippen molar-refractivity contribution in [3.63, 3.8) is 0 Å². The Bertz CT molecular complexity index is 253. The van der Waals surface area contributed by atoms with Crippen LogP contribution in [0.5, 0.6) is 0 Å². The average molecular weight is 213 g/mol. The third-order valence-corrected chi connectivity index (χ3v) is 2.68. The fourth-order valence-corrected chi connectivity index (χ4v) is 1.86. The van der Waals surface area contributed by atoms with E-state index in [1.165, 1.54) is 4.90 Å². The standard InChI is InChI=1S/C10H19N3O2/c1-11-9(14)8-6-4-5-7-13(8)10(15)12(2)3/h8H,4-7H2,1-3H3,(H,11,14). The van der Waals surface area contributed by atoms with E-state index in [1.807, 2.05) is 0 Å². The average Bonchev–Trinajstić information content (AvgIpc) is 2.27. The van der Waals surface area contributed by atoms with Crippen molar-refractivity contribution in [2.45, 2.75) is 25.3 Å². The lowest BCUT2D eigenvalue weighted by atomic mass is 10.0. The van der Waals surface area contributed by atoms with Crippen LogP contribution >= 0.6 is 0 Å². The minimum Gasteiger partial charge on any atom is -0.357 e. The van der Waals surface area contributed by atoms with E-state index < -0.39 is 0 Å². The second-order valence-corrected chi connectivity index (χ2v) is 4.00. The number of piperidine rings is 1. The normalized spacial score (nSPS) is 21.0. The zero-order valence-electron chi connectivity index (χ0n) is 9.62. The van der Waals surface area contributed by atoms with E-state index in [-0.39, 0.29) is 18.0 Å². The first-order valence-electron chi connectivity index (χ1n) is 5.27. The van der Waals surface area contributed by atoms with E-state index in [2.05, 4.69) is 5.32 Å². The summed E-state index contributed by atoms with van der Waals surface area (Å²) in [4.78, 5) is 26.6. The summed E-state index contributed by atoms with van der Waals surface area (Å²) in [6.45, 7) is 0.676. The van der Waals surface area contributed by atoms with Gasteiger partial charge in [0.1, 0.15) is 6.04 Å². The Morgan fingerprint density at radius 3 is 2.53 bits per heavy atom. The number of hydrogen-bond acceptors (Lipinski definition) is 2. The molecule has 0 spiro atoms. The fourth-order valence-electron chi connectivity index (χ4n) is 1.86.